The number of hydrogen-bond acceptors (Lipinski definition) is 3. The summed E-state index contributed by atoms with van der Waals surface area (Å²) in [4.78, 5) is 4.87. The summed E-state index contributed by atoms with van der Waals surface area (Å²) in [7, 11) is -3.28. The Bertz CT molecular complexity index is 767. The van der Waals surface area contributed by atoms with Crippen LogP contribution in [0.4, 0.5) is 0 Å². The number of halogens is 1. The highest BCUT2D eigenvalue weighted by Crippen LogP contribution is 2.45. The highest BCUT2D eigenvalue weighted by Gasteiger charge is 2.37. The largest absolute Gasteiger partial charge is 0.325 e. The van der Waals surface area contributed by atoms with E-state index < -0.39 is 9.84 Å². The smallest absolute Gasteiger partial charge is 0.177 e. The zero-order chi connectivity index (χ0) is 14.5. The summed E-state index contributed by atoms with van der Waals surface area (Å²) in [6, 6.07) is 5.78. The van der Waals surface area contributed by atoms with Crippen LogP contribution in [0.25, 0.3) is 11.0 Å². The molecule has 2 unspecified atom stereocenters. The maximum absolute atomic E-state index is 11.9. The van der Waals surface area contributed by atoms with Crippen LogP contribution in [0.3, 0.4) is 0 Å². The molecule has 0 bridgehead atoms. The van der Waals surface area contributed by atoms with Gasteiger partial charge >= 0.3 is 0 Å². The van der Waals surface area contributed by atoms with E-state index in [2.05, 4.69) is 16.5 Å². The van der Waals surface area contributed by atoms with Gasteiger partial charge < -0.3 is 4.57 Å². The van der Waals surface area contributed by atoms with Crippen molar-refractivity contribution in [3.63, 3.8) is 0 Å². The normalized spacial score (nSPS) is 22.4. The van der Waals surface area contributed by atoms with Gasteiger partial charge in [-0.3, -0.25) is 0 Å². The number of hydrogen-bond donors (Lipinski definition) is 0. The molecule has 108 valence electrons. The van der Waals surface area contributed by atoms with Crippen molar-refractivity contribution >= 4 is 32.5 Å². The lowest BCUT2D eigenvalue weighted by molar-refractivity contribution is 0.602. The summed E-state index contributed by atoms with van der Waals surface area (Å²) in [5.74, 6) is 1.99. The molecule has 20 heavy (non-hydrogen) atoms. The highest BCUT2D eigenvalue weighted by atomic mass is 35.5. The van der Waals surface area contributed by atoms with Crippen LogP contribution in [0.15, 0.2) is 23.1 Å². The first kappa shape index (κ1) is 13.9. The van der Waals surface area contributed by atoms with Gasteiger partial charge in [-0.1, -0.05) is 13.0 Å². The summed E-state index contributed by atoms with van der Waals surface area (Å²) in [6.07, 6.45) is 2.99. The molecule has 1 heterocycles. The van der Waals surface area contributed by atoms with Crippen molar-refractivity contribution in [3.8, 4) is 0 Å². The lowest BCUT2D eigenvalue weighted by Gasteiger charge is -2.07. The minimum absolute atomic E-state index is 0.304. The summed E-state index contributed by atoms with van der Waals surface area (Å²) in [5.41, 5.74) is 1.48. The zero-order valence-corrected chi connectivity index (χ0v) is 13.1. The summed E-state index contributed by atoms with van der Waals surface area (Å²) in [5, 5.41) is 0. The number of alkyl halides is 1. The molecule has 1 aliphatic carbocycles. The fourth-order valence-corrected chi connectivity index (χ4v) is 3.73. The van der Waals surface area contributed by atoms with E-state index in [1.165, 1.54) is 6.26 Å². The van der Waals surface area contributed by atoms with Crippen LogP contribution in [0.1, 0.15) is 25.2 Å². The first-order chi connectivity index (χ1) is 9.43. The van der Waals surface area contributed by atoms with Gasteiger partial charge in [-0.05, 0) is 24.5 Å². The van der Waals surface area contributed by atoms with Gasteiger partial charge in [-0.2, -0.15) is 0 Å². The predicted octanol–water partition coefficient (Wildman–Crippen LogP) is 2.80. The predicted molar refractivity (Wildman–Crippen MR) is 80.1 cm³/mol. The summed E-state index contributed by atoms with van der Waals surface area (Å²) >= 11 is 5.86. The van der Waals surface area contributed by atoms with Gasteiger partial charge in [0.1, 0.15) is 11.3 Å². The first-order valence-electron chi connectivity index (χ1n) is 6.69. The highest BCUT2D eigenvalue weighted by molar-refractivity contribution is 7.91. The van der Waals surface area contributed by atoms with Crippen molar-refractivity contribution in [1.29, 1.82) is 0 Å². The third-order valence-corrected chi connectivity index (χ3v) is 5.19. The van der Waals surface area contributed by atoms with Gasteiger partial charge in [-0.15, -0.1) is 11.6 Å². The molecule has 2 atom stereocenters. The Kier molecular flexibility index (Phi) is 3.29. The van der Waals surface area contributed by atoms with Gasteiger partial charge in [0, 0.05) is 24.6 Å². The van der Waals surface area contributed by atoms with Crippen LogP contribution < -0.4 is 0 Å². The molecule has 0 radical (unpaired) electrons. The van der Waals surface area contributed by atoms with Crippen LogP contribution in [-0.2, 0) is 16.3 Å². The summed E-state index contributed by atoms with van der Waals surface area (Å²) < 4.78 is 26.0. The fourth-order valence-electron chi connectivity index (χ4n) is 2.73. The SMILES string of the molecule is CC1CC1n1c(CCCl)nc2c(S(C)(=O)=O)cccc21. The van der Waals surface area contributed by atoms with E-state index >= 15 is 0 Å². The maximum Gasteiger partial charge on any atom is 0.177 e. The Balaban J connectivity index is 2.28. The number of nitrogens with zero attached hydrogens (tertiary/aromatic N) is 2. The summed E-state index contributed by atoms with van der Waals surface area (Å²) in [6.45, 7) is 2.20. The second kappa shape index (κ2) is 4.74. The quantitative estimate of drug-likeness (QED) is 0.816. The fraction of sp³-hybridized carbons (Fsp3) is 0.500. The monoisotopic (exact) mass is 312 g/mol. The molecule has 1 fully saturated rings. The van der Waals surface area contributed by atoms with Crippen LogP contribution in [0.2, 0.25) is 0 Å². The standard InChI is InChI=1S/C14H17ClN2O2S/c1-9-8-11(9)17-10-4-3-5-12(20(2,18)19)14(10)16-13(17)6-7-15/h3-5,9,11H,6-8H2,1-2H3. The molecule has 3 rings (SSSR count). The second-order valence-electron chi connectivity index (χ2n) is 5.51. The molecule has 0 spiro atoms. The van der Waals surface area contributed by atoms with E-state index in [-0.39, 0.29) is 0 Å². The molecule has 1 aromatic heterocycles. The number of rotatable bonds is 4. The minimum atomic E-state index is -3.28. The average Bonchev–Trinajstić information content (AvgIpc) is 2.96. The Morgan fingerprint density at radius 3 is 2.70 bits per heavy atom. The lowest BCUT2D eigenvalue weighted by Crippen LogP contribution is -2.03. The van der Waals surface area contributed by atoms with E-state index in [1.807, 2.05) is 6.07 Å². The van der Waals surface area contributed by atoms with Gasteiger partial charge in [0.05, 0.1) is 10.4 Å². The van der Waals surface area contributed by atoms with Gasteiger partial charge in [-0.25, -0.2) is 13.4 Å². The van der Waals surface area contributed by atoms with Crippen molar-refractivity contribution in [1.82, 2.24) is 9.55 Å². The Morgan fingerprint density at radius 1 is 1.45 bits per heavy atom. The van der Waals surface area contributed by atoms with E-state index in [9.17, 15) is 8.42 Å². The molecule has 4 nitrogen and oxygen atoms in total. The third-order valence-electron chi connectivity index (χ3n) is 3.87. The van der Waals surface area contributed by atoms with Crippen LogP contribution >= 0.6 is 11.6 Å². The van der Waals surface area contributed by atoms with Crippen molar-refractivity contribution in [2.75, 3.05) is 12.1 Å². The minimum Gasteiger partial charge on any atom is -0.325 e. The zero-order valence-electron chi connectivity index (χ0n) is 11.5. The molecule has 6 heteroatoms. The van der Waals surface area contributed by atoms with Crippen molar-refractivity contribution in [2.45, 2.75) is 30.7 Å². The topological polar surface area (TPSA) is 52.0 Å². The van der Waals surface area contributed by atoms with Gasteiger partial charge in [0.2, 0.25) is 0 Å². The van der Waals surface area contributed by atoms with E-state index in [1.54, 1.807) is 12.1 Å². The molecule has 0 N–H and O–H groups in total. The van der Waals surface area contributed by atoms with Crippen LogP contribution in [0.5, 0.6) is 0 Å². The number of aryl methyl sites for hydroxylation is 1. The number of sulfone groups is 1. The Morgan fingerprint density at radius 2 is 2.15 bits per heavy atom. The van der Waals surface area contributed by atoms with Gasteiger partial charge in [0.15, 0.2) is 9.84 Å². The van der Waals surface area contributed by atoms with E-state index in [0.717, 1.165) is 17.8 Å². The van der Waals surface area contributed by atoms with Crippen molar-refractivity contribution < 1.29 is 8.42 Å². The number of benzene rings is 1. The van der Waals surface area contributed by atoms with Crippen LogP contribution in [0, 0.1) is 5.92 Å². The van der Waals surface area contributed by atoms with Crippen LogP contribution in [-0.4, -0.2) is 30.1 Å². The number of imidazole rings is 1. The molecule has 1 saturated carbocycles. The Hall–Kier alpha value is -1.07. The maximum atomic E-state index is 11.9. The average molecular weight is 313 g/mol. The molecular weight excluding hydrogens is 296 g/mol. The van der Waals surface area contributed by atoms with Gasteiger partial charge in [0.25, 0.3) is 0 Å². The lowest BCUT2D eigenvalue weighted by atomic mass is 10.3. The molecule has 1 aromatic carbocycles. The molecular formula is C14H17ClN2O2S. The first-order valence-corrected chi connectivity index (χ1v) is 9.12. The molecule has 0 aliphatic heterocycles. The van der Waals surface area contributed by atoms with E-state index in [4.69, 9.17) is 11.6 Å². The molecule has 1 aliphatic rings. The van der Waals surface area contributed by atoms with E-state index in [0.29, 0.717) is 34.7 Å². The number of aromatic nitrogens is 2. The number of fused-ring (bicyclic) bond motifs is 1. The molecule has 0 amide bonds. The number of para-hydroxylation sites is 1. The van der Waals surface area contributed by atoms with Crippen molar-refractivity contribution in [3.05, 3.63) is 24.0 Å². The molecule has 2 aromatic rings. The third kappa shape index (κ3) is 2.23. The Labute approximate surface area is 123 Å². The molecule has 0 saturated heterocycles. The second-order valence-corrected chi connectivity index (χ2v) is 7.88. The van der Waals surface area contributed by atoms with Crippen molar-refractivity contribution in [2.24, 2.45) is 5.92 Å².